The van der Waals surface area contributed by atoms with Gasteiger partial charge < -0.3 is 14.6 Å². The van der Waals surface area contributed by atoms with Crippen LogP contribution in [-0.4, -0.2) is 26.8 Å². The molecule has 0 saturated heterocycles. The first-order valence-electron chi connectivity index (χ1n) is 6.80. The summed E-state index contributed by atoms with van der Waals surface area (Å²) in [5.74, 6) is 0.601. The van der Waals surface area contributed by atoms with Crippen LogP contribution in [0.5, 0.6) is 0 Å². The second-order valence-corrected chi connectivity index (χ2v) is 5.87. The monoisotopic (exact) mass is 281 g/mol. The third-order valence-electron chi connectivity index (χ3n) is 3.23. The first-order valence-corrected chi connectivity index (χ1v) is 7.18. The number of hydrogen-bond donors (Lipinski definition) is 1. The fourth-order valence-electron chi connectivity index (χ4n) is 2.41. The van der Waals surface area contributed by atoms with Gasteiger partial charge in [-0.25, -0.2) is 0 Å². The quantitative estimate of drug-likeness (QED) is 0.811. The van der Waals surface area contributed by atoms with Gasteiger partial charge in [-0.05, 0) is 42.5 Å². The Morgan fingerprint density at radius 1 is 1.47 bits per heavy atom. The molecule has 3 nitrogen and oxygen atoms in total. The number of halogens is 1. The first-order chi connectivity index (χ1) is 9.10. The summed E-state index contributed by atoms with van der Waals surface area (Å²) in [5, 5.41) is 3.93. The van der Waals surface area contributed by atoms with Crippen molar-refractivity contribution in [2.45, 2.75) is 33.0 Å². The molecule has 1 aliphatic rings. The Morgan fingerprint density at radius 2 is 2.26 bits per heavy atom. The Kier molecular flexibility index (Phi) is 5.28. The van der Waals surface area contributed by atoms with Crippen molar-refractivity contribution in [2.24, 2.45) is 5.92 Å². The molecule has 5 heteroatoms. The average Bonchev–Trinajstić information content (AvgIpc) is 2.71. The van der Waals surface area contributed by atoms with Crippen LogP contribution < -0.4 is 10.8 Å². The molecule has 1 N–H and O–H groups in total. The van der Waals surface area contributed by atoms with Crippen LogP contribution in [0, 0.1) is 5.92 Å². The number of nitrogens with one attached hydrogen (secondary N) is 1. The molecule has 104 valence electrons. The van der Waals surface area contributed by atoms with Crippen molar-refractivity contribution in [3.05, 3.63) is 28.8 Å². The molecule has 0 bridgehead atoms. The minimum Gasteiger partial charge on any atom is -0.403 e. The predicted molar refractivity (Wildman–Crippen MR) is 79.9 cm³/mol. The molecule has 1 unspecified atom stereocenters. The average molecular weight is 282 g/mol. The Balaban J connectivity index is 2.03. The standard InChI is InChI=1S/C14H21BClNO2/c1-10(2)6-13(8-17-3)19-15-14-5-4-12(16)7-11(14)9-18-15/h4-5,7,10,13,17H,6,8-9H2,1-3H3. The molecule has 0 fully saturated rings. The molecule has 2 rings (SSSR count). The Labute approximate surface area is 120 Å². The van der Waals surface area contributed by atoms with E-state index in [1.165, 1.54) is 0 Å². The molecule has 1 aliphatic heterocycles. The van der Waals surface area contributed by atoms with Gasteiger partial charge in [0, 0.05) is 11.6 Å². The lowest BCUT2D eigenvalue weighted by Crippen LogP contribution is -2.40. The van der Waals surface area contributed by atoms with Gasteiger partial charge in [0.05, 0.1) is 12.7 Å². The van der Waals surface area contributed by atoms with Crippen LogP contribution in [0.25, 0.3) is 0 Å². The molecule has 1 atom stereocenters. The lowest BCUT2D eigenvalue weighted by molar-refractivity contribution is 0.128. The van der Waals surface area contributed by atoms with E-state index < -0.39 is 0 Å². The van der Waals surface area contributed by atoms with Crippen molar-refractivity contribution in [1.82, 2.24) is 5.32 Å². The van der Waals surface area contributed by atoms with Crippen LogP contribution >= 0.6 is 11.6 Å². The van der Waals surface area contributed by atoms with Gasteiger partial charge in [0.1, 0.15) is 0 Å². The molecule has 0 amide bonds. The highest BCUT2D eigenvalue weighted by Gasteiger charge is 2.33. The molecule has 19 heavy (non-hydrogen) atoms. The number of rotatable bonds is 6. The maximum Gasteiger partial charge on any atom is 0.494 e. The van der Waals surface area contributed by atoms with E-state index in [0.29, 0.717) is 12.5 Å². The van der Waals surface area contributed by atoms with E-state index in [-0.39, 0.29) is 13.2 Å². The van der Waals surface area contributed by atoms with Crippen molar-refractivity contribution >= 4 is 24.2 Å². The fraction of sp³-hybridized carbons (Fsp3) is 0.571. The molecule has 1 aromatic rings. The third kappa shape index (κ3) is 3.96. The van der Waals surface area contributed by atoms with E-state index in [9.17, 15) is 0 Å². The van der Waals surface area contributed by atoms with E-state index in [0.717, 1.165) is 29.0 Å². The molecule has 0 aliphatic carbocycles. The Bertz CT molecular complexity index is 428. The molecule has 0 radical (unpaired) electrons. The van der Waals surface area contributed by atoms with Gasteiger partial charge in [0.2, 0.25) is 0 Å². The summed E-state index contributed by atoms with van der Waals surface area (Å²) >= 11 is 5.99. The largest absolute Gasteiger partial charge is 0.494 e. The fourth-order valence-corrected chi connectivity index (χ4v) is 2.61. The van der Waals surface area contributed by atoms with Crippen molar-refractivity contribution in [3.8, 4) is 0 Å². The van der Waals surface area contributed by atoms with Crippen LogP contribution in [0.4, 0.5) is 0 Å². The van der Waals surface area contributed by atoms with Crippen molar-refractivity contribution < 1.29 is 9.31 Å². The second kappa shape index (κ2) is 6.75. The highest BCUT2D eigenvalue weighted by Crippen LogP contribution is 2.18. The maximum absolute atomic E-state index is 6.10. The van der Waals surface area contributed by atoms with Crippen LogP contribution in [0.3, 0.4) is 0 Å². The van der Waals surface area contributed by atoms with Gasteiger partial charge in [0.15, 0.2) is 0 Å². The molecule has 0 saturated carbocycles. The zero-order valence-corrected chi connectivity index (χ0v) is 12.5. The van der Waals surface area contributed by atoms with Crippen molar-refractivity contribution in [3.63, 3.8) is 0 Å². The summed E-state index contributed by atoms with van der Waals surface area (Å²) < 4.78 is 11.8. The molecule has 1 heterocycles. The van der Waals surface area contributed by atoms with Gasteiger partial charge in [-0.2, -0.15) is 0 Å². The van der Waals surface area contributed by atoms with Crippen LogP contribution in [0.15, 0.2) is 18.2 Å². The maximum atomic E-state index is 6.10. The van der Waals surface area contributed by atoms with E-state index in [4.69, 9.17) is 20.9 Å². The zero-order valence-electron chi connectivity index (χ0n) is 11.8. The van der Waals surface area contributed by atoms with Crippen LogP contribution in [-0.2, 0) is 15.9 Å². The van der Waals surface area contributed by atoms with E-state index in [2.05, 4.69) is 19.2 Å². The zero-order chi connectivity index (χ0) is 13.8. The van der Waals surface area contributed by atoms with Crippen LogP contribution in [0.1, 0.15) is 25.8 Å². The van der Waals surface area contributed by atoms with Gasteiger partial charge >= 0.3 is 7.12 Å². The van der Waals surface area contributed by atoms with Gasteiger partial charge in [-0.1, -0.05) is 31.5 Å². The number of hydrogen-bond acceptors (Lipinski definition) is 3. The van der Waals surface area contributed by atoms with Gasteiger partial charge in [-0.3, -0.25) is 0 Å². The SMILES string of the molecule is CNCC(CC(C)C)OB1OCc2cc(Cl)ccc21. The van der Waals surface area contributed by atoms with Crippen molar-refractivity contribution in [2.75, 3.05) is 13.6 Å². The molecule has 0 spiro atoms. The minimum absolute atomic E-state index is 0.164. The number of fused-ring (bicyclic) bond motifs is 1. The lowest BCUT2D eigenvalue weighted by atomic mass is 9.78. The molecule has 0 aromatic heterocycles. The van der Waals surface area contributed by atoms with Crippen LogP contribution in [0.2, 0.25) is 5.02 Å². The minimum atomic E-state index is -0.260. The summed E-state index contributed by atoms with van der Waals surface area (Å²) in [5.41, 5.74) is 2.24. The molecular weight excluding hydrogens is 260 g/mol. The van der Waals surface area contributed by atoms with E-state index in [1.54, 1.807) is 0 Å². The van der Waals surface area contributed by atoms with E-state index >= 15 is 0 Å². The highest BCUT2D eigenvalue weighted by atomic mass is 35.5. The Morgan fingerprint density at radius 3 is 2.95 bits per heavy atom. The van der Waals surface area contributed by atoms with Gasteiger partial charge in [0.25, 0.3) is 0 Å². The summed E-state index contributed by atoms with van der Waals surface area (Å²) in [6, 6.07) is 5.85. The Hall–Kier alpha value is -0.545. The number of benzene rings is 1. The topological polar surface area (TPSA) is 30.5 Å². The summed E-state index contributed by atoms with van der Waals surface area (Å²) in [6.45, 7) is 5.82. The van der Waals surface area contributed by atoms with Crippen molar-refractivity contribution in [1.29, 1.82) is 0 Å². The first kappa shape index (κ1) is 14.9. The summed E-state index contributed by atoms with van der Waals surface area (Å²) in [6.07, 6.45) is 1.18. The third-order valence-corrected chi connectivity index (χ3v) is 3.47. The molecule has 1 aromatic carbocycles. The predicted octanol–water partition coefficient (Wildman–Crippen LogP) is 2.22. The highest BCUT2D eigenvalue weighted by molar-refractivity contribution is 6.63. The summed E-state index contributed by atoms with van der Waals surface area (Å²) in [4.78, 5) is 0. The number of likely N-dealkylation sites (N-methyl/N-ethyl adjacent to an activating group) is 1. The van der Waals surface area contributed by atoms with E-state index in [1.807, 2.05) is 25.2 Å². The van der Waals surface area contributed by atoms with Gasteiger partial charge in [-0.15, -0.1) is 0 Å². The normalized spacial score (nSPS) is 15.9. The summed E-state index contributed by atoms with van der Waals surface area (Å²) in [7, 11) is 1.68. The lowest BCUT2D eigenvalue weighted by Gasteiger charge is -2.22. The molecular formula is C14H21BClNO2. The smallest absolute Gasteiger partial charge is 0.403 e. The second-order valence-electron chi connectivity index (χ2n) is 5.43.